The summed E-state index contributed by atoms with van der Waals surface area (Å²) < 4.78 is 55.0. The van der Waals surface area contributed by atoms with Crippen molar-refractivity contribution >= 4 is 0 Å². The van der Waals surface area contributed by atoms with E-state index in [1.807, 2.05) is 48.5 Å². The van der Waals surface area contributed by atoms with Crippen molar-refractivity contribution in [2.45, 2.75) is 83.7 Å². The van der Waals surface area contributed by atoms with Crippen molar-refractivity contribution in [3.63, 3.8) is 0 Å². The van der Waals surface area contributed by atoms with Gasteiger partial charge in [-0.3, -0.25) is 0 Å². The summed E-state index contributed by atoms with van der Waals surface area (Å²) in [5, 5.41) is 0. The summed E-state index contributed by atoms with van der Waals surface area (Å²) in [7, 11) is 0. The molecule has 0 radical (unpaired) electrons. The van der Waals surface area contributed by atoms with Crippen LogP contribution >= 0.6 is 0 Å². The van der Waals surface area contributed by atoms with Crippen molar-refractivity contribution in [3.05, 3.63) is 88.7 Å². The summed E-state index contributed by atoms with van der Waals surface area (Å²) in [4.78, 5) is 0. The third-order valence-corrected chi connectivity index (χ3v) is 7.53. The molecule has 0 aromatic heterocycles. The van der Waals surface area contributed by atoms with Crippen LogP contribution in [0.25, 0.3) is 11.1 Å². The van der Waals surface area contributed by atoms with Gasteiger partial charge in [0.05, 0.1) is 24.9 Å². The fraction of sp³-hybridized carbons (Fsp3) is 0.455. The molecule has 1 fully saturated rings. The van der Waals surface area contributed by atoms with Crippen molar-refractivity contribution in [2.75, 3.05) is 13.2 Å². The van der Waals surface area contributed by atoms with E-state index in [2.05, 4.69) is 13.8 Å². The molecule has 1 aliphatic rings. The first-order valence-corrected chi connectivity index (χ1v) is 14.0. The molecule has 2 unspecified atom stereocenters. The van der Waals surface area contributed by atoms with E-state index in [-0.39, 0.29) is 12.0 Å². The minimum absolute atomic E-state index is 0.167. The highest BCUT2D eigenvalue weighted by Crippen LogP contribution is 2.36. The number of unbranched alkanes of at least 4 members (excludes halogenated alkanes) is 1. The summed E-state index contributed by atoms with van der Waals surface area (Å²) in [6.45, 7) is 5.36. The zero-order valence-corrected chi connectivity index (χ0v) is 22.5. The molecular formula is C33H39F3O2. The molecule has 5 heteroatoms. The van der Waals surface area contributed by atoms with Gasteiger partial charge in [-0.15, -0.1) is 0 Å². The second kappa shape index (κ2) is 13.8. The molecule has 0 amide bonds. The van der Waals surface area contributed by atoms with E-state index >= 15 is 4.39 Å². The van der Waals surface area contributed by atoms with Crippen molar-refractivity contribution in [2.24, 2.45) is 0 Å². The van der Waals surface area contributed by atoms with Gasteiger partial charge in [-0.25, -0.2) is 13.2 Å². The summed E-state index contributed by atoms with van der Waals surface area (Å²) >= 11 is 0. The second-order valence-corrected chi connectivity index (χ2v) is 10.3. The molecule has 0 aliphatic carbocycles. The topological polar surface area (TPSA) is 18.5 Å². The van der Waals surface area contributed by atoms with Gasteiger partial charge in [0.15, 0.2) is 0 Å². The molecule has 1 saturated heterocycles. The third kappa shape index (κ3) is 7.19. The maximum Gasteiger partial charge on any atom is 0.266 e. The molecule has 2 nitrogen and oxygen atoms in total. The first kappa shape index (κ1) is 28.2. The number of hydrogen-bond donors (Lipinski definition) is 0. The molecule has 0 spiro atoms. The lowest BCUT2D eigenvalue weighted by molar-refractivity contribution is -0.00186. The van der Waals surface area contributed by atoms with Crippen molar-refractivity contribution in [3.8, 4) is 16.9 Å². The van der Waals surface area contributed by atoms with E-state index in [0.717, 1.165) is 67.6 Å². The Morgan fingerprint density at radius 3 is 2.18 bits per heavy atom. The zero-order valence-electron chi connectivity index (χ0n) is 22.5. The monoisotopic (exact) mass is 524 g/mol. The first-order chi connectivity index (χ1) is 18.5. The third-order valence-electron chi connectivity index (χ3n) is 7.53. The molecule has 1 heterocycles. The SMILES string of the molecule is CCCCOc1ccc(-c2ccc(CCc3ccc(C4CCC(CCC)OC4)c(F)c3C(F)F)cc2)cc1. The predicted octanol–water partition coefficient (Wildman–Crippen LogP) is 9.46. The van der Waals surface area contributed by atoms with Crippen LogP contribution in [0.5, 0.6) is 5.75 Å². The Kier molecular flexibility index (Phi) is 10.3. The Bertz CT molecular complexity index is 1130. The maximum absolute atomic E-state index is 15.4. The number of rotatable bonds is 12. The lowest BCUT2D eigenvalue weighted by Crippen LogP contribution is -2.25. The minimum Gasteiger partial charge on any atom is -0.494 e. The van der Waals surface area contributed by atoms with Crippen molar-refractivity contribution in [1.29, 1.82) is 0 Å². The summed E-state index contributed by atoms with van der Waals surface area (Å²) in [5.74, 6) is -0.0553. The van der Waals surface area contributed by atoms with Crippen LogP contribution in [0.1, 0.15) is 87.0 Å². The molecule has 38 heavy (non-hydrogen) atoms. The standard InChI is InChI=1S/C33H39F3O2/c1-3-5-21-37-29-17-13-25(14-18-29)24-10-7-23(8-11-24)9-12-26-16-20-30(32(34)31(26)33(35)36)27-15-19-28(6-4-2)38-22-27/h7-8,10-11,13-14,16-18,20,27-28,33H,3-6,9,12,15,19,21-22H2,1-2H3. The Morgan fingerprint density at radius 2 is 1.58 bits per heavy atom. The van der Waals surface area contributed by atoms with Crippen LogP contribution in [-0.2, 0) is 17.6 Å². The molecule has 0 saturated carbocycles. The van der Waals surface area contributed by atoms with E-state index in [4.69, 9.17) is 9.47 Å². The van der Waals surface area contributed by atoms with Crippen LogP contribution in [0.3, 0.4) is 0 Å². The molecule has 0 bridgehead atoms. The highest BCUT2D eigenvalue weighted by Gasteiger charge is 2.28. The van der Waals surface area contributed by atoms with Gasteiger partial charge in [0.25, 0.3) is 6.43 Å². The van der Waals surface area contributed by atoms with E-state index < -0.39 is 17.8 Å². The normalized spacial score (nSPS) is 17.6. The smallest absolute Gasteiger partial charge is 0.266 e. The van der Waals surface area contributed by atoms with E-state index in [9.17, 15) is 8.78 Å². The molecule has 3 aromatic carbocycles. The van der Waals surface area contributed by atoms with Crippen LogP contribution in [-0.4, -0.2) is 19.3 Å². The summed E-state index contributed by atoms with van der Waals surface area (Å²) in [5.41, 5.74) is 3.49. The van der Waals surface area contributed by atoms with E-state index in [0.29, 0.717) is 30.6 Å². The fourth-order valence-corrected chi connectivity index (χ4v) is 5.24. The first-order valence-electron chi connectivity index (χ1n) is 14.0. The molecule has 204 valence electrons. The van der Waals surface area contributed by atoms with Gasteiger partial charge in [-0.05, 0) is 78.5 Å². The number of halogens is 3. The van der Waals surface area contributed by atoms with Crippen LogP contribution in [0, 0.1) is 5.82 Å². The van der Waals surface area contributed by atoms with Crippen molar-refractivity contribution in [1.82, 2.24) is 0 Å². The Labute approximate surface area is 225 Å². The number of benzene rings is 3. The zero-order chi connectivity index (χ0) is 26.9. The van der Waals surface area contributed by atoms with Crippen LogP contribution in [0.2, 0.25) is 0 Å². The van der Waals surface area contributed by atoms with Crippen LogP contribution in [0.15, 0.2) is 60.7 Å². The number of alkyl halides is 2. The van der Waals surface area contributed by atoms with Gasteiger partial charge in [0.2, 0.25) is 0 Å². The largest absolute Gasteiger partial charge is 0.494 e. The lowest BCUT2D eigenvalue weighted by Gasteiger charge is -2.30. The molecule has 4 rings (SSSR count). The highest BCUT2D eigenvalue weighted by molar-refractivity contribution is 5.64. The Balaban J connectivity index is 1.39. The maximum atomic E-state index is 15.4. The molecule has 1 aliphatic heterocycles. The molecular weight excluding hydrogens is 485 g/mol. The van der Waals surface area contributed by atoms with Gasteiger partial charge >= 0.3 is 0 Å². The van der Waals surface area contributed by atoms with Gasteiger partial charge in [-0.2, -0.15) is 0 Å². The van der Waals surface area contributed by atoms with Gasteiger partial charge in [0, 0.05) is 5.92 Å². The van der Waals surface area contributed by atoms with Gasteiger partial charge < -0.3 is 9.47 Å². The number of ether oxygens (including phenoxy) is 2. The molecule has 0 N–H and O–H groups in total. The average molecular weight is 525 g/mol. The van der Waals surface area contributed by atoms with Crippen LogP contribution < -0.4 is 4.74 Å². The van der Waals surface area contributed by atoms with Crippen molar-refractivity contribution < 1.29 is 22.6 Å². The van der Waals surface area contributed by atoms with E-state index in [1.54, 1.807) is 12.1 Å². The molecule has 2 atom stereocenters. The minimum atomic E-state index is -2.85. The van der Waals surface area contributed by atoms with E-state index in [1.165, 1.54) is 0 Å². The van der Waals surface area contributed by atoms with Crippen LogP contribution in [0.4, 0.5) is 13.2 Å². The van der Waals surface area contributed by atoms with Gasteiger partial charge in [0.1, 0.15) is 11.6 Å². The Hall–Kier alpha value is -2.79. The number of hydrogen-bond acceptors (Lipinski definition) is 2. The van der Waals surface area contributed by atoms with Gasteiger partial charge in [-0.1, -0.05) is 75.2 Å². The lowest BCUT2D eigenvalue weighted by atomic mass is 9.87. The second-order valence-electron chi connectivity index (χ2n) is 10.3. The fourth-order valence-electron chi connectivity index (χ4n) is 5.24. The predicted molar refractivity (Wildman–Crippen MR) is 148 cm³/mol. The summed E-state index contributed by atoms with van der Waals surface area (Å²) in [6.07, 6.45) is 4.05. The Morgan fingerprint density at radius 1 is 0.868 bits per heavy atom. The highest BCUT2D eigenvalue weighted by atomic mass is 19.3. The molecule has 3 aromatic rings. The summed E-state index contributed by atoms with van der Waals surface area (Å²) in [6, 6.07) is 19.5. The quantitative estimate of drug-likeness (QED) is 0.220. The average Bonchev–Trinajstić information content (AvgIpc) is 2.93. The number of aryl methyl sites for hydroxylation is 2.